The van der Waals surface area contributed by atoms with Gasteiger partial charge in [0.2, 0.25) is 0 Å². The zero-order valence-corrected chi connectivity index (χ0v) is 16.4. The molecule has 2 saturated heterocycles. The second-order valence-corrected chi connectivity index (χ2v) is 9.41. The predicted molar refractivity (Wildman–Crippen MR) is 101 cm³/mol. The quantitative estimate of drug-likeness (QED) is 0.767. The molecule has 0 amide bonds. The Morgan fingerprint density at radius 1 is 1.23 bits per heavy atom. The zero-order valence-electron chi connectivity index (χ0n) is 15.6. The van der Waals surface area contributed by atoms with Crippen molar-refractivity contribution in [1.82, 2.24) is 5.32 Å². The van der Waals surface area contributed by atoms with Crippen LogP contribution in [0.2, 0.25) is 0 Å². The molecule has 3 atom stereocenters. The third kappa shape index (κ3) is 5.16. The molecule has 2 heterocycles. The average molecular weight is 380 g/mol. The van der Waals surface area contributed by atoms with Gasteiger partial charge in [0.25, 0.3) is 0 Å². The monoisotopic (exact) mass is 379 g/mol. The molecule has 0 bridgehead atoms. The van der Waals surface area contributed by atoms with Crippen LogP contribution in [0.25, 0.3) is 0 Å². The Morgan fingerprint density at radius 3 is 2.77 bits per heavy atom. The number of piperidine rings is 1. The van der Waals surface area contributed by atoms with Crippen molar-refractivity contribution in [3.8, 4) is 0 Å². The topological polar surface area (TPSA) is 64.6 Å². The van der Waals surface area contributed by atoms with Gasteiger partial charge in [-0.2, -0.15) is 0 Å². The van der Waals surface area contributed by atoms with Crippen molar-refractivity contribution in [2.75, 3.05) is 6.61 Å². The van der Waals surface area contributed by atoms with Crippen molar-refractivity contribution < 1.29 is 17.9 Å². The fourth-order valence-corrected chi connectivity index (χ4v) is 4.72. The van der Waals surface area contributed by atoms with E-state index >= 15 is 0 Å². The van der Waals surface area contributed by atoms with E-state index in [9.17, 15) is 8.42 Å². The Morgan fingerprint density at radius 2 is 2.00 bits per heavy atom. The van der Waals surface area contributed by atoms with Crippen LogP contribution in [0.15, 0.2) is 46.7 Å². The number of fused-ring (bicyclic) bond motifs is 1. The van der Waals surface area contributed by atoms with Crippen molar-refractivity contribution in [1.29, 1.82) is 0 Å². The third-order valence-corrected chi connectivity index (χ3v) is 6.49. The summed E-state index contributed by atoms with van der Waals surface area (Å²) in [5, 5.41) is 4.96. The van der Waals surface area contributed by atoms with Crippen LogP contribution < -0.4 is 5.32 Å². The summed E-state index contributed by atoms with van der Waals surface area (Å²) >= 11 is 0. The molecule has 0 aromatic heterocycles. The molecule has 1 N–H and O–H groups in total. The summed E-state index contributed by atoms with van der Waals surface area (Å²) in [7, 11) is -3.32. The lowest BCUT2D eigenvalue weighted by molar-refractivity contribution is -0.288. The van der Waals surface area contributed by atoms with Crippen molar-refractivity contribution in [2.24, 2.45) is 0 Å². The van der Waals surface area contributed by atoms with Crippen LogP contribution in [0, 0.1) is 0 Å². The molecular weight excluding hydrogens is 350 g/mol. The van der Waals surface area contributed by atoms with Crippen LogP contribution in [0.4, 0.5) is 0 Å². The molecule has 0 unspecified atom stereocenters. The number of hydrogen-bond acceptors (Lipinski definition) is 5. The van der Waals surface area contributed by atoms with Crippen molar-refractivity contribution in [3.05, 3.63) is 41.8 Å². The van der Waals surface area contributed by atoms with Gasteiger partial charge in [-0.1, -0.05) is 24.3 Å². The molecule has 2 aliphatic rings. The molecule has 144 valence electrons. The molecule has 1 aromatic rings. The lowest BCUT2D eigenvalue weighted by Crippen LogP contribution is -2.59. The number of allylic oxidation sites excluding steroid dienone is 1. The van der Waals surface area contributed by atoms with Gasteiger partial charge in [-0.05, 0) is 58.1 Å². The molecule has 1 aromatic carbocycles. The number of ether oxygens (including phenoxy) is 2. The van der Waals surface area contributed by atoms with Gasteiger partial charge >= 0.3 is 0 Å². The minimum Gasteiger partial charge on any atom is -0.349 e. The van der Waals surface area contributed by atoms with E-state index in [0.717, 1.165) is 32.1 Å². The van der Waals surface area contributed by atoms with Crippen LogP contribution in [0.1, 0.15) is 46.0 Å². The molecule has 0 saturated carbocycles. The molecule has 2 fully saturated rings. The van der Waals surface area contributed by atoms with Gasteiger partial charge in [-0.15, -0.1) is 0 Å². The molecule has 3 rings (SSSR count). The van der Waals surface area contributed by atoms with Gasteiger partial charge in [-0.25, -0.2) is 8.42 Å². The van der Waals surface area contributed by atoms with E-state index in [0.29, 0.717) is 17.5 Å². The summed E-state index contributed by atoms with van der Waals surface area (Å²) in [4.78, 5) is 0.344. The number of nitrogens with one attached hydrogen (secondary N) is 1. The molecule has 5 nitrogen and oxygen atoms in total. The first-order valence-corrected chi connectivity index (χ1v) is 10.9. The Labute approximate surface area is 156 Å². The van der Waals surface area contributed by atoms with Crippen LogP contribution in [0.3, 0.4) is 0 Å². The van der Waals surface area contributed by atoms with E-state index in [1.165, 1.54) is 5.41 Å². The molecular formula is C20H29NO4S. The zero-order chi connectivity index (χ0) is 18.6. The van der Waals surface area contributed by atoms with E-state index in [1.807, 2.05) is 19.9 Å². The molecule has 0 radical (unpaired) electrons. The number of benzene rings is 1. The lowest BCUT2D eigenvalue weighted by atomic mass is 9.92. The summed E-state index contributed by atoms with van der Waals surface area (Å²) in [5.41, 5.74) is 0. The fraction of sp³-hybridized carbons (Fsp3) is 0.600. The first-order chi connectivity index (χ1) is 12.4. The van der Waals surface area contributed by atoms with Crippen molar-refractivity contribution >= 4 is 9.84 Å². The van der Waals surface area contributed by atoms with Gasteiger partial charge in [0.15, 0.2) is 15.6 Å². The van der Waals surface area contributed by atoms with Gasteiger partial charge in [0.1, 0.15) is 0 Å². The number of sulfone groups is 1. The highest BCUT2D eigenvalue weighted by molar-refractivity contribution is 7.94. The summed E-state index contributed by atoms with van der Waals surface area (Å²) in [5.74, 6) is -0.481. The minimum absolute atomic E-state index is 0.228. The molecule has 6 heteroatoms. The summed E-state index contributed by atoms with van der Waals surface area (Å²) in [6.45, 7) is 4.61. The van der Waals surface area contributed by atoms with Crippen LogP contribution in [0.5, 0.6) is 0 Å². The minimum atomic E-state index is -3.32. The van der Waals surface area contributed by atoms with Crippen LogP contribution in [-0.4, -0.2) is 39.0 Å². The first kappa shape index (κ1) is 19.5. The van der Waals surface area contributed by atoms with Gasteiger partial charge in [0.05, 0.1) is 23.6 Å². The number of hydrogen-bond donors (Lipinski definition) is 1. The number of unbranched alkanes of at least 4 members (excludes halogenated alkanes) is 1. The molecule has 26 heavy (non-hydrogen) atoms. The van der Waals surface area contributed by atoms with Gasteiger partial charge < -0.3 is 14.8 Å². The van der Waals surface area contributed by atoms with Gasteiger partial charge in [0, 0.05) is 11.4 Å². The Hall–Kier alpha value is -1.21. The molecule has 2 aliphatic heterocycles. The Bertz CT molecular complexity index is 715. The van der Waals surface area contributed by atoms with E-state index in [2.05, 4.69) is 5.32 Å². The van der Waals surface area contributed by atoms with E-state index in [1.54, 1.807) is 30.3 Å². The fourth-order valence-electron chi connectivity index (χ4n) is 3.64. The van der Waals surface area contributed by atoms with Gasteiger partial charge in [-0.3, -0.25) is 0 Å². The maximum atomic E-state index is 12.2. The summed E-state index contributed by atoms with van der Waals surface area (Å²) in [6, 6.07) is 9.24. The standard InChI is InChI=1S/C20H29NO4S/c1-20(2)24-15-18-19(25-20)13-12-16(21-18)9-5-4-8-14-26(22,23)17-10-6-3-7-11-17/h3,6-8,10-11,14,16,18-19,21H,4-5,9,12-13,15H2,1-2H3/b14-8+/t16-,18-,19+/m0/s1. The van der Waals surface area contributed by atoms with Crippen LogP contribution in [-0.2, 0) is 19.3 Å². The Balaban J connectivity index is 1.41. The van der Waals surface area contributed by atoms with E-state index in [4.69, 9.17) is 9.47 Å². The maximum Gasteiger partial charge on any atom is 0.199 e. The highest BCUT2D eigenvalue weighted by Gasteiger charge is 2.39. The SMILES string of the molecule is CC1(C)OC[C@@H]2N[C@@H](CCC/C=C/S(=O)(=O)c3ccccc3)CC[C@H]2O1. The lowest BCUT2D eigenvalue weighted by Gasteiger charge is -2.46. The molecule has 0 spiro atoms. The molecule has 0 aliphatic carbocycles. The second kappa shape index (κ2) is 8.21. The maximum absolute atomic E-state index is 12.2. The Kier molecular flexibility index (Phi) is 6.17. The van der Waals surface area contributed by atoms with Crippen molar-refractivity contribution in [3.63, 3.8) is 0 Å². The third-order valence-electron chi connectivity index (χ3n) is 5.01. The summed E-state index contributed by atoms with van der Waals surface area (Å²) in [6.07, 6.45) is 6.88. The van der Waals surface area contributed by atoms with Crippen LogP contribution >= 0.6 is 0 Å². The predicted octanol–water partition coefficient (Wildman–Crippen LogP) is 3.42. The highest BCUT2D eigenvalue weighted by Crippen LogP contribution is 2.29. The summed E-state index contributed by atoms with van der Waals surface area (Å²) < 4.78 is 36.1. The largest absolute Gasteiger partial charge is 0.349 e. The average Bonchev–Trinajstić information content (AvgIpc) is 2.61. The van der Waals surface area contributed by atoms with E-state index in [-0.39, 0.29) is 12.1 Å². The second-order valence-electron chi connectivity index (χ2n) is 7.58. The highest BCUT2D eigenvalue weighted by atomic mass is 32.2. The normalized spacial score (nSPS) is 28.8. The number of rotatable bonds is 6. The first-order valence-electron chi connectivity index (χ1n) is 9.40. The smallest absolute Gasteiger partial charge is 0.199 e. The van der Waals surface area contributed by atoms with E-state index < -0.39 is 15.6 Å². The van der Waals surface area contributed by atoms with Crippen molar-refractivity contribution in [2.45, 2.75) is 74.8 Å².